The number of anilines is 1. The van der Waals surface area contributed by atoms with Crippen molar-refractivity contribution in [1.82, 2.24) is 10.2 Å². The molecule has 0 aliphatic carbocycles. The number of nitrogens with zero attached hydrogens (tertiary/aromatic N) is 2. The summed E-state index contributed by atoms with van der Waals surface area (Å²) >= 11 is 6.37. The van der Waals surface area contributed by atoms with Crippen molar-refractivity contribution in [3.05, 3.63) is 94.0 Å². The molecule has 0 radical (unpaired) electrons. The van der Waals surface area contributed by atoms with Crippen molar-refractivity contribution in [2.75, 3.05) is 10.8 Å². The first-order valence-corrected chi connectivity index (χ1v) is 14.6. The van der Waals surface area contributed by atoms with Gasteiger partial charge in [-0.05, 0) is 76.9 Å². The molecular formula is C30H36ClN3O4S. The summed E-state index contributed by atoms with van der Waals surface area (Å²) in [5.41, 5.74) is 3.58. The van der Waals surface area contributed by atoms with Gasteiger partial charge in [0.1, 0.15) is 12.6 Å². The molecule has 1 atom stereocenters. The van der Waals surface area contributed by atoms with E-state index in [4.69, 9.17) is 11.6 Å². The minimum Gasteiger partial charge on any atom is -0.352 e. The van der Waals surface area contributed by atoms with Gasteiger partial charge in [-0.2, -0.15) is 0 Å². The molecule has 7 nitrogen and oxygen atoms in total. The molecule has 3 aromatic carbocycles. The third-order valence-electron chi connectivity index (χ3n) is 6.43. The minimum absolute atomic E-state index is 0.0520. The quantitative estimate of drug-likeness (QED) is 0.354. The number of amides is 2. The van der Waals surface area contributed by atoms with E-state index in [1.165, 1.54) is 17.0 Å². The highest BCUT2D eigenvalue weighted by Crippen LogP contribution is 2.31. The lowest BCUT2D eigenvalue weighted by Crippen LogP contribution is -2.52. The fraction of sp³-hybridized carbons (Fsp3) is 0.333. The maximum atomic E-state index is 14.0. The first-order valence-electron chi connectivity index (χ1n) is 12.8. The Labute approximate surface area is 236 Å². The molecule has 208 valence electrons. The third-order valence-corrected chi connectivity index (χ3v) is 8.61. The van der Waals surface area contributed by atoms with E-state index in [9.17, 15) is 18.0 Å². The number of sulfonamides is 1. The van der Waals surface area contributed by atoms with Crippen molar-refractivity contribution >= 4 is 39.1 Å². The molecule has 2 amide bonds. The Balaban J connectivity index is 2.08. The number of aryl methyl sites for hydroxylation is 2. The lowest BCUT2D eigenvalue weighted by Gasteiger charge is -2.33. The molecule has 0 aromatic heterocycles. The molecule has 0 heterocycles. The summed E-state index contributed by atoms with van der Waals surface area (Å²) in [6.45, 7) is 10.5. The molecule has 0 spiro atoms. The summed E-state index contributed by atoms with van der Waals surface area (Å²) in [6, 6.07) is 18.1. The smallest absolute Gasteiger partial charge is 0.264 e. The number of carbonyl (C=O) groups excluding carboxylic acids is 2. The fourth-order valence-corrected chi connectivity index (χ4v) is 5.85. The molecule has 0 unspecified atom stereocenters. The second-order valence-electron chi connectivity index (χ2n) is 10.1. The zero-order valence-electron chi connectivity index (χ0n) is 23.2. The largest absolute Gasteiger partial charge is 0.352 e. The van der Waals surface area contributed by atoms with E-state index in [0.29, 0.717) is 16.3 Å². The fourth-order valence-electron chi connectivity index (χ4n) is 4.21. The predicted molar refractivity (Wildman–Crippen MR) is 156 cm³/mol. The highest BCUT2D eigenvalue weighted by Gasteiger charge is 2.33. The lowest BCUT2D eigenvalue weighted by atomic mass is 10.1. The molecule has 3 rings (SSSR count). The Kier molecular flexibility index (Phi) is 9.80. The van der Waals surface area contributed by atoms with E-state index in [1.54, 1.807) is 44.2 Å². The van der Waals surface area contributed by atoms with E-state index in [-0.39, 0.29) is 23.4 Å². The second kappa shape index (κ2) is 12.7. The maximum Gasteiger partial charge on any atom is 0.264 e. The van der Waals surface area contributed by atoms with Crippen LogP contribution >= 0.6 is 11.6 Å². The summed E-state index contributed by atoms with van der Waals surface area (Å²) in [4.78, 5) is 28.5. The van der Waals surface area contributed by atoms with E-state index in [2.05, 4.69) is 5.32 Å². The van der Waals surface area contributed by atoms with Gasteiger partial charge >= 0.3 is 0 Å². The predicted octanol–water partition coefficient (Wildman–Crippen LogP) is 5.40. The van der Waals surface area contributed by atoms with Gasteiger partial charge in [-0.3, -0.25) is 13.9 Å². The molecule has 0 aliphatic rings. The summed E-state index contributed by atoms with van der Waals surface area (Å²) in [5.74, 6) is -0.837. The van der Waals surface area contributed by atoms with Crippen molar-refractivity contribution in [1.29, 1.82) is 0 Å². The Bertz CT molecular complexity index is 1440. The standard InChI is InChI=1S/C30H36ClN3O4S/c1-20(2)32-30(36)24(6)33(18-25-10-7-9-22(4)17-25)29(35)19-34(28-12-8-11-27(31)23(28)5)39(37,38)26-15-13-21(3)14-16-26/h7-17,20,24H,18-19H2,1-6H3,(H,32,36)/t24-/m1/s1. The Morgan fingerprint density at radius 2 is 1.54 bits per heavy atom. The molecule has 0 saturated carbocycles. The van der Waals surface area contributed by atoms with E-state index in [1.807, 2.05) is 52.0 Å². The molecule has 39 heavy (non-hydrogen) atoms. The van der Waals surface area contributed by atoms with Gasteiger partial charge in [0.2, 0.25) is 11.8 Å². The van der Waals surface area contributed by atoms with E-state index >= 15 is 0 Å². The average Bonchev–Trinajstić information content (AvgIpc) is 2.87. The third kappa shape index (κ3) is 7.40. The molecule has 9 heteroatoms. The van der Waals surface area contributed by atoms with Gasteiger partial charge in [-0.25, -0.2) is 8.42 Å². The van der Waals surface area contributed by atoms with Gasteiger partial charge < -0.3 is 10.2 Å². The van der Waals surface area contributed by atoms with Crippen LogP contribution in [0.15, 0.2) is 71.6 Å². The van der Waals surface area contributed by atoms with Gasteiger partial charge in [0.15, 0.2) is 0 Å². The molecule has 0 bridgehead atoms. The Morgan fingerprint density at radius 3 is 2.15 bits per heavy atom. The van der Waals surface area contributed by atoms with Crippen LogP contribution in [0.2, 0.25) is 5.02 Å². The van der Waals surface area contributed by atoms with Gasteiger partial charge in [-0.1, -0.05) is 65.2 Å². The first kappa shape index (κ1) is 30.2. The number of halogens is 1. The van der Waals surface area contributed by atoms with Gasteiger partial charge in [-0.15, -0.1) is 0 Å². The molecule has 0 aliphatic heterocycles. The van der Waals surface area contributed by atoms with Crippen LogP contribution in [-0.4, -0.2) is 43.8 Å². The Morgan fingerprint density at radius 1 is 0.897 bits per heavy atom. The van der Waals surface area contributed by atoms with Crippen molar-refractivity contribution in [3.8, 4) is 0 Å². The first-order chi connectivity index (χ1) is 18.3. The van der Waals surface area contributed by atoms with E-state index in [0.717, 1.165) is 21.0 Å². The summed E-state index contributed by atoms with van der Waals surface area (Å²) in [5, 5.41) is 3.24. The summed E-state index contributed by atoms with van der Waals surface area (Å²) in [7, 11) is -4.16. The molecule has 3 aromatic rings. The van der Waals surface area contributed by atoms with Gasteiger partial charge in [0.25, 0.3) is 10.0 Å². The zero-order valence-corrected chi connectivity index (χ0v) is 24.8. The van der Waals surface area contributed by atoms with Gasteiger partial charge in [0.05, 0.1) is 10.6 Å². The van der Waals surface area contributed by atoms with Crippen LogP contribution in [0.3, 0.4) is 0 Å². The van der Waals surface area contributed by atoms with Crippen LogP contribution in [0.25, 0.3) is 0 Å². The molecular weight excluding hydrogens is 534 g/mol. The van der Waals surface area contributed by atoms with Crippen molar-refractivity contribution < 1.29 is 18.0 Å². The van der Waals surface area contributed by atoms with Gasteiger partial charge in [0, 0.05) is 17.6 Å². The summed E-state index contributed by atoms with van der Waals surface area (Å²) in [6.07, 6.45) is 0. The molecule has 0 fully saturated rings. The summed E-state index contributed by atoms with van der Waals surface area (Å²) < 4.78 is 29.0. The van der Waals surface area contributed by atoms with Crippen molar-refractivity contribution in [2.45, 2.75) is 65.1 Å². The second-order valence-corrected chi connectivity index (χ2v) is 12.3. The lowest BCUT2D eigenvalue weighted by molar-refractivity contribution is -0.139. The zero-order chi connectivity index (χ0) is 28.9. The van der Waals surface area contributed by atoms with Crippen molar-refractivity contribution in [2.24, 2.45) is 0 Å². The topological polar surface area (TPSA) is 86.8 Å². The maximum absolute atomic E-state index is 14.0. The van der Waals surface area contributed by atoms with Crippen LogP contribution in [0.4, 0.5) is 5.69 Å². The number of benzene rings is 3. The number of hydrogen-bond donors (Lipinski definition) is 1. The molecule has 1 N–H and O–H groups in total. The molecule has 0 saturated heterocycles. The van der Waals surface area contributed by atoms with Crippen LogP contribution in [0.5, 0.6) is 0 Å². The highest BCUT2D eigenvalue weighted by atomic mass is 35.5. The van der Waals surface area contributed by atoms with Crippen LogP contribution in [0.1, 0.15) is 43.0 Å². The minimum atomic E-state index is -4.16. The normalized spacial score (nSPS) is 12.2. The van der Waals surface area contributed by atoms with E-state index < -0.39 is 28.5 Å². The van der Waals surface area contributed by atoms with Crippen LogP contribution < -0.4 is 9.62 Å². The Hall–Kier alpha value is -3.36. The number of hydrogen-bond acceptors (Lipinski definition) is 4. The monoisotopic (exact) mass is 569 g/mol. The van der Waals surface area contributed by atoms with Crippen LogP contribution in [0, 0.1) is 20.8 Å². The highest BCUT2D eigenvalue weighted by molar-refractivity contribution is 7.92. The number of rotatable bonds is 10. The number of carbonyl (C=O) groups is 2. The average molecular weight is 570 g/mol. The SMILES string of the molecule is Cc1ccc(S(=O)(=O)N(CC(=O)N(Cc2cccc(C)c2)[C@H](C)C(=O)NC(C)C)c2cccc(Cl)c2C)cc1. The number of nitrogens with one attached hydrogen (secondary N) is 1. The van der Waals surface area contributed by atoms with Crippen molar-refractivity contribution in [3.63, 3.8) is 0 Å². The van der Waals surface area contributed by atoms with Crippen LogP contribution in [-0.2, 0) is 26.2 Å².